The fourth-order valence-electron chi connectivity index (χ4n) is 5.34. The lowest BCUT2D eigenvalue weighted by Gasteiger charge is -2.34. The van der Waals surface area contributed by atoms with E-state index in [9.17, 15) is 0 Å². The summed E-state index contributed by atoms with van der Waals surface area (Å²) in [5.41, 5.74) is 4.89. The molecule has 26 heavy (non-hydrogen) atoms. The van der Waals surface area contributed by atoms with Crippen LogP contribution in [-0.2, 0) is 0 Å². The zero-order valence-corrected chi connectivity index (χ0v) is 16.1. The molecule has 5 rings (SSSR count). The van der Waals surface area contributed by atoms with Gasteiger partial charge in [-0.15, -0.1) is 0 Å². The van der Waals surface area contributed by atoms with Crippen LogP contribution in [0.15, 0.2) is 40.8 Å². The molecule has 0 N–H and O–H groups in total. The summed E-state index contributed by atoms with van der Waals surface area (Å²) in [4.78, 5) is 2.45. The zero-order valence-electron chi connectivity index (χ0n) is 16.1. The van der Waals surface area contributed by atoms with Crippen molar-refractivity contribution in [3.8, 4) is 0 Å². The summed E-state index contributed by atoms with van der Waals surface area (Å²) in [7, 11) is 0. The Morgan fingerprint density at radius 3 is 2.54 bits per heavy atom. The monoisotopic (exact) mass is 345 g/mol. The van der Waals surface area contributed by atoms with Gasteiger partial charge in [-0.05, 0) is 63.8 Å². The second kappa shape index (κ2) is 5.52. The Kier molecular flexibility index (Phi) is 3.44. The first kappa shape index (κ1) is 16.2. The summed E-state index contributed by atoms with van der Waals surface area (Å²) >= 11 is 0. The molecule has 0 bridgehead atoms. The van der Waals surface area contributed by atoms with Crippen molar-refractivity contribution in [1.29, 1.82) is 0 Å². The zero-order chi connectivity index (χ0) is 17.9. The molecule has 2 nitrogen and oxygen atoms in total. The second-order valence-corrected chi connectivity index (χ2v) is 9.01. The lowest BCUT2D eigenvalue weighted by atomic mass is 9.71. The first-order valence-electron chi connectivity index (χ1n) is 9.98. The van der Waals surface area contributed by atoms with Gasteiger partial charge in [0.1, 0.15) is 11.2 Å². The van der Waals surface area contributed by atoms with E-state index in [1.807, 2.05) is 6.07 Å². The van der Waals surface area contributed by atoms with E-state index in [-0.39, 0.29) is 11.0 Å². The van der Waals surface area contributed by atoms with E-state index in [1.165, 1.54) is 60.5 Å². The van der Waals surface area contributed by atoms with Crippen LogP contribution in [0.4, 0.5) is 5.69 Å². The van der Waals surface area contributed by atoms with E-state index in [1.54, 1.807) is 0 Å². The van der Waals surface area contributed by atoms with Crippen LogP contribution in [0.5, 0.6) is 0 Å². The molecule has 0 atom stereocenters. The molecule has 0 amide bonds. The lowest BCUT2D eigenvalue weighted by Crippen LogP contribution is -2.36. The number of rotatable bonds is 1. The van der Waals surface area contributed by atoms with Crippen LogP contribution in [0.2, 0.25) is 0 Å². The standard InChI is InChI=1S/C24H27NO/c1-17-13-22-19(18-9-5-6-10-21(18)26-22)14-20(17)25-16-24(15-23(25,2)3)11-7-4-8-12-24/h5-6,9-10,13-14H,4,7-8,11-12,15H2,1-3H3. The number of hydrogen-bond donors (Lipinski definition) is 0. The normalized spacial score (nSPS) is 21.9. The predicted octanol–water partition coefficient (Wildman–Crippen LogP) is 6.87. The molecule has 2 aromatic carbocycles. The number of aryl methyl sites for hydroxylation is 1. The summed E-state index contributed by atoms with van der Waals surface area (Å²) in [5, 5.41) is 2.41. The van der Waals surface area contributed by atoms with Crippen molar-refractivity contribution in [3.05, 3.63) is 48.5 Å². The Hall–Kier alpha value is -1.96. The molecule has 2 radical (unpaired) electrons. The summed E-state index contributed by atoms with van der Waals surface area (Å²) in [6, 6.07) is 12.9. The third-order valence-electron chi connectivity index (χ3n) is 6.47. The van der Waals surface area contributed by atoms with Gasteiger partial charge in [0.05, 0.1) is 6.54 Å². The van der Waals surface area contributed by atoms with Crippen LogP contribution in [-0.4, -0.2) is 5.54 Å². The highest BCUT2D eigenvalue weighted by atomic mass is 16.3. The van der Waals surface area contributed by atoms with Crippen LogP contribution in [0, 0.1) is 18.9 Å². The minimum Gasteiger partial charge on any atom is -0.456 e. The second-order valence-electron chi connectivity index (χ2n) is 9.01. The highest BCUT2D eigenvalue weighted by molar-refractivity contribution is 6.06. The van der Waals surface area contributed by atoms with Crippen LogP contribution in [0.3, 0.4) is 0 Å². The average Bonchev–Trinajstić information content (AvgIpc) is 3.08. The highest BCUT2D eigenvalue weighted by Crippen LogP contribution is 2.54. The minimum atomic E-state index is 0.106. The fraction of sp³-hybridized carbons (Fsp3) is 0.458. The predicted molar refractivity (Wildman–Crippen MR) is 108 cm³/mol. The van der Waals surface area contributed by atoms with E-state index < -0.39 is 0 Å². The first-order valence-corrected chi connectivity index (χ1v) is 9.98. The molecular weight excluding hydrogens is 318 g/mol. The van der Waals surface area contributed by atoms with Crippen LogP contribution in [0.25, 0.3) is 21.9 Å². The molecule has 2 heterocycles. The van der Waals surface area contributed by atoms with Crippen molar-refractivity contribution in [2.45, 2.75) is 64.8 Å². The summed E-state index contributed by atoms with van der Waals surface area (Å²) in [5.74, 6) is 0. The van der Waals surface area contributed by atoms with Crippen LogP contribution >= 0.6 is 0 Å². The third kappa shape index (κ3) is 2.38. The fourth-order valence-corrected chi connectivity index (χ4v) is 5.34. The van der Waals surface area contributed by atoms with Crippen molar-refractivity contribution in [3.63, 3.8) is 0 Å². The van der Waals surface area contributed by atoms with Gasteiger partial charge in [0.2, 0.25) is 0 Å². The largest absolute Gasteiger partial charge is 0.456 e. The molecule has 1 saturated heterocycles. The van der Waals surface area contributed by atoms with Gasteiger partial charge in [0.15, 0.2) is 0 Å². The van der Waals surface area contributed by atoms with Gasteiger partial charge in [-0.25, -0.2) is 0 Å². The number of nitrogens with zero attached hydrogens (tertiary/aromatic N) is 1. The van der Waals surface area contributed by atoms with E-state index in [0.29, 0.717) is 0 Å². The average molecular weight is 345 g/mol. The summed E-state index contributed by atoms with van der Waals surface area (Å²) < 4.78 is 6.07. The van der Waals surface area contributed by atoms with E-state index in [2.05, 4.69) is 62.5 Å². The van der Waals surface area contributed by atoms with Crippen molar-refractivity contribution < 1.29 is 4.42 Å². The van der Waals surface area contributed by atoms with Crippen molar-refractivity contribution in [2.75, 3.05) is 4.90 Å². The summed E-state index contributed by atoms with van der Waals surface area (Å²) in [6.45, 7) is 10.9. The number of benzene rings is 2. The van der Waals surface area contributed by atoms with Crippen molar-refractivity contribution >= 4 is 27.6 Å². The maximum absolute atomic E-state index is 6.07. The topological polar surface area (TPSA) is 16.4 Å². The van der Waals surface area contributed by atoms with E-state index in [4.69, 9.17) is 4.42 Å². The van der Waals surface area contributed by atoms with Crippen molar-refractivity contribution in [2.24, 2.45) is 5.41 Å². The highest BCUT2D eigenvalue weighted by Gasteiger charge is 2.49. The number of hydrogen-bond acceptors (Lipinski definition) is 2. The van der Waals surface area contributed by atoms with Crippen LogP contribution < -0.4 is 4.90 Å². The minimum absolute atomic E-state index is 0.106. The SMILES string of the molecule is Cc1cc2oc3ccccc3c2cc1N1[C]C2(CCCCC2)CC1(C)C. The van der Waals surface area contributed by atoms with Crippen LogP contribution in [0.1, 0.15) is 57.9 Å². The molecule has 1 aromatic heterocycles. The molecule has 1 saturated carbocycles. The molecular formula is C24H27NO. The molecule has 134 valence electrons. The maximum Gasteiger partial charge on any atom is 0.135 e. The van der Waals surface area contributed by atoms with Gasteiger partial charge >= 0.3 is 0 Å². The Bertz CT molecular complexity index is 974. The third-order valence-corrected chi connectivity index (χ3v) is 6.47. The first-order chi connectivity index (χ1) is 12.5. The Morgan fingerprint density at radius 2 is 1.73 bits per heavy atom. The molecule has 2 aliphatic rings. The summed E-state index contributed by atoms with van der Waals surface area (Å²) in [6.07, 6.45) is 7.88. The van der Waals surface area contributed by atoms with Gasteiger partial charge in [-0.2, -0.15) is 0 Å². The van der Waals surface area contributed by atoms with E-state index in [0.717, 1.165) is 11.2 Å². The number of anilines is 1. The molecule has 2 fully saturated rings. The number of para-hydroxylation sites is 1. The lowest BCUT2D eigenvalue weighted by molar-refractivity contribution is 0.225. The number of fused-ring (bicyclic) bond motifs is 3. The number of furan rings is 1. The van der Waals surface area contributed by atoms with Gasteiger partial charge < -0.3 is 9.32 Å². The van der Waals surface area contributed by atoms with E-state index >= 15 is 0 Å². The maximum atomic E-state index is 6.07. The Morgan fingerprint density at radius 1 is 0.962 bits per heavy atom. The van der Waals surface area contributed by atoms with Gasteiger partial charge in [0.25, 0.3) is 0 Å². The smallest absolute Gasteiger partial charge is 0.135 e. The molecule has 2 heteroatoms. The van der Waals surface area contributed by atoms with Gasteiger partial charge in [-0.1, -0.05) is 37.5 Å². The molecule has 1 aliphatic carbocycles. The van der Waals surface area contributed by atoms with Gasteiger partial charge in [-0.3, -0.25) is 0 Å². The quantitative estimate of drug-likeness (QED) is 0.478. The molecule has 1 spiro atoms. The molecule has 3 aromatic rings. The Labute approximate surface area is 156 Å². The van der Waals surface area contributed by atoms with Crippen molar-refractivity contribution in [1.82, 2.24) is 0 Å². The molecule has 1 aliphatic heterocycles. The van der Waals surface area contributed by atoms with Gasteiger partial charge in [0, 0.05) is 27.4 Å². The molecule has 0 unspecified atom stereocenters. The Balaban J connectivity index is 1.63.